The third-order valence-corrected chi connectivity index (χ3v) is 6.18. The zero-order valence-electron chi connectivity index (χ0n) is 18.8. The molecule has 0 bridgehead atoms. The van der Waals surface area contributed by atoms with E-state index in [1.54, 1.807) is 4.90 Å². The summed E-state index contributed by atoms with van der Waals surface area (Å²) in [7, 11) is 0. The molecule has 1 aliphatic rings. The molecule has 0 spiro atoms. The molecule has 2 amide bonds. The van der Waals surface area contributed by atoms with Gasteiger partial charge in [0.25, 0.3) is 0 Å². The van der Waals surface area contributed by atoms with Crippen molar-refractivity contribution in [2.45, 2.75) is 52.2 Å². The molecule has 2 heterocycles. The van der Waals surface area contributed by atoms with Crippen LogP contribution in [0.1, 0.15) is 53.4 Å². The Morgan fingerprint density at radius 3 is 2.41 bits per heavy atom. The summed E-state index contributed by atoms with van der Waals surface area (Å²) >= 11 is 0. The molecule has 6 nitrogen and oxygen atoms in total. The fourth-order valence-corrected chi connectivity index (χ4v) is 4.38. The summed E-state index contributed by atoms with van der Waals surface area (Å²) in [4.78, 5) is 27.7. The highest BCUT2D eigenvalue weighted by molar-refractivity contribution is 5.89. The first-order valence-corrected chi connectivity index (χ1v) is 11.2. The van der Waals surface area contributed by atoms with Gasteiger partial charge in [0.1, 0.15) is 6.04 Å². The molecular formula is C26H30N4O2. The van der Waals surface area contributed by atoms with E-state index in [1.807, 2.05) is 67.1 Å². The predicted octanol–water partition coefficient (Wildman–Crippen LogP) is 3.92. The van der Waals surface area contributed by atoms with E-state index in [0.717, 1.165) is 35.4 Å². The number of likely N-dealkylation sites (tertiary alicyclic amines) is 1. The van der Waals surface area contributed by atoms with Gasteiger partial charge in [-0.3, -0.25) is 14.3 Å². The summed E-state index contributed by atoms with van der Waals surface area (Å²) in [6.07, 6.45) is 2.31. The molecule has 166 valence electrons. The normalized spacial score (nSPS) is 14.9. The van der Waals surface area contributed by atoms with Crippen LogP contribution in [0.5, 0.6) is 0 Å². The first kappa shape index (κ1) is 21.8. The van der Waals surface area contributed by atoms with Crippen LogP contribution in [0.2, 0.25) is 0 Å². The van der Waals surface area contributed by atoms with Crippen LogP contribution in [0.3, 0.4) is 0 Å². The van der Waals surface area contributed by atoms with Gasteiger partial charge >= 0.3 is 0 Å². The lowest BCUT2D eigenvalue weighted by atomic mass is 10.0. The average Bonchev–Trinajstić information content (AvgIpc) is 3.07. The number of hydrogen-bond donors (Lipinski definition) is 1. The Morgan fingerprint density at radius 1 is 1.03 bits per heavy atom. The molecule has 2 aromatic carbocycles. The summed E-state index contributed by atoms with van der Waals surface area (Å²) in [6.45, 7) is 5.69. The van der Waals surface area contributed by atoms with Gasteiger partial charge in [-0.2, -0.15) is 5.10 Å². The molecule has 1 fully saturated rings. The zero-order chi connectivity index (χ0) is 22.5. The van der Waals surface area contributed by atoms with Gasteiger partial charge in [-0.1, -0.05) is 60.7 Å². The second-order valence-electron chi connectivity index (χ2n) is 8.37. The van der Waals surface area contributed by atoms with Crippen molar-refractivity contribution >= 4 is 11.8 Å². The van der Waals surface area contributed by atoms with E-state index in [1.165, 1.54) is 5.56 Å². The molecule has 1 unspecified atom stereocenters. The molecule has 1 saturated heterocycles. The van der Waals surface area contributed by atoms with Crippen molar-refractivity contribution in [1.29, 1.82) is 0 Å². The third-order valence-electron chi connectivity index (χ3n) is 6.18. The summed E-state index contributed by atoms with van der Waals surface area (Å²) in [6, 6.07) is 19.2. The standard InChI is InChI=1S/C26H30N4O2/c1-19-23(20(2)30(28-19)18-21-11-5-3-6-12-21)17-27-26(32)25(22-13-7-4-8-14-22)29-16-10-9-15-24(29)31/h3-8,11-14,25H,9-10,15-18H2,1-2H3,(H,27,32). The number of amides is 2. The van der Waals surface area contributed by atoms with Gasteiger partial charge in [-0.05, 0) is 37.8 Å². The van der Waals surface area contributed by atoms with Crippen LogP contribution in [-0.4, -0.2) is 33.0 Å². The summed E-state index contributed by atoms with van der Waals surface area (Å²) in [5.74, 6) is -0.107. The van der Waals surface area contributed by atoms with Gasteiger partial charge in [0, 0.05) is 30.8 Å². The van der Waals surface area contributed by atoms with Crippen LogP contribution in [0.15, 0.2) is 60.7 Å². The predicted molar refractivity (Wildman–Crippen MR) is 124 cm³/mol. The minimum Gasteiger partial charge on any atom is -0.350 e. The van der Waals surface area contributed by atoms with Crippen molar-refractivity contribution in [2.24, 2.45) is 0 Å². The number of piperidine rings is 1. The number of aromatic nitrogens is 2. The highest BCUT2D eigenvalue weighted by Gasteiger charge is 2.32. The van der Waals surface area contributed by atoms with Gasteiger partial charge < -0.3 is 10.2 Å². The van der Waals surface area contributed by atoms with Gasteiger partial charge in [0.15, 0.2) is 0 Å². The lowest BCUT2D eigenvalue weighted by Crippen LogP contribution is -2.45. The Labute approximate surface area is 189 Å². The Balaban J connectivity index is 1.51. The zero-order valence-corrected chi connectivity index (χ0v) is 18.8. The Bertz CT molecular complexity index is 1080. The molecule has 32 heavy (non-hydrogen) atoms. The van der Waals surface area contributed by atoms with Crippen molar-refractivity contribution in [3.63, 3.8) is 0 Å². The molecule has 1 N–H and O–H groups in total. The number of nitrogens with one attached hydrogen (secondary N) is 1. The van der Waals surface area contributed by atoms with Gasteiger partial charge in [-0.25, -0.2) is 0 Å². The Hall–Kier alpha value is -3.41. The number of rotatable bonds is 7. The van der Waals surface area contributed by atoms with Crippen LogP contribution in [0.4, 0.5) is 0 Å². The number of aryl methyl sites for hydroxylation is 1. The minimum absolute atomic E-state index is 0.0447. The second kappa shape index (κ2) is 9.81. The molecule has 3 aromatic rings. The smallest absolute Gasteiger partial charge is 0.247 e. The van der Waals surface area contributed by atoms with E-state index >= 15 is 0 Å². The summed E-state index contributed by atoms with van der Waals surface area (Å²) in [5, 5.41) is 7.78. The van der Waals surface area contributed by atoms with Crippen molar-refractivity contribution in [3.05, 3.63) is 88.7 Å². The van der Waals surface area contributed by atoms with Gasteiger partial charge in [-0.15, -0.1) is 0 Å². The minimum atomic E-state index is -0.607. The maximum absolute atomic E-state index is 13.4. The fraction of sp³-hybridized carbons (Fsp3) is 0.346. The van der Waals surface area contributed by atoms with Crippen LogP contribution in [0.25, 0.3) is 0 Å². The quantitative estimate of drug-likeness (QED) is 0.618. The second-order valence-corrected chi connectivity index (χ2v) is 8.37. The van der Waals surface area contributed by atoms with Crippen molar-refractivity contribution in [2.75, 3.05) is 6.54 Å². The van der Waals surface area contributed by atoms with Crippen LogP contribution in [0, 0.1) is 13.8 Å². The molecular weight excluding hydrogens is 400 g/mol. The average molecular weight is 431 g/mol. The van der Waals surface area contributed by atoms with E-state index in [2.05, 4.69) is 22.5 Å². The molecule has 4 rings (SSSR count). The number of benzene rings is 2. The van der Waals surface area contributed by atoms with Crippen molar-refractivity contribution in [1.82, 2.24) is 20.0 Å². The van der Waals surface area contributed by atoms with E-state index in [9.17, 15) is 9.59 Å². The number of hydrogen-bond acceptors (Lipinski definition) is 3. The molecule has 1 atom stereocenters. The SMILES string of the molecule is Cc1nn(Cc2ccccc2)c(C)c1CNC(=O)C(c1ccccc1)N1CCCCC1=O. The van der Waals surface area contributed by atoms with Crippen LogP contribution < -0.4 is 5.32 Å². The molecule has 0 aliphatic carbocycles. The van der Waals surface area contributed by atoms with Crippen LogP contribution in [-0.2, 0) is 22.7 Å². The number of carbonyl (C=O) groups is 2. The van der Waals surface area contributed by atoms with Gasteiger partial charge in [0.2, 0.25) is 11.8 Å². The van der Waals surface area contributed by atoms with Crippen LogP contribution >= 0.6 is 0 Å². The van der Waals surface area contributed by atoms with E-state index in [0.29, 0.717) is 26.1 Å². The molecule has 6 heteroatoms. The lowest BCUT2D eigenvalue weighted by molar-refractivity contribution is -0.142. The van der Waals surface area contributed by atoms with E-state index in [4.69, 9.17) is 0 Å². The monoisotopic (exact) mass is 430 g/mol. The highest BCUT2D eigenvalue weighted by atomic mass is 16.2. The van der Waals surface area contributed by atoms with E-state index < -0.39 is 6.04 Å². The number of nitrogens with zero attached hydrogens (tertiary/aromatic N) is 3. The lowest BCUT2D eigenvalue weighted by Gasteiger charge is -2.34. The van der Waals surface area contributed by atoms with E-state index in [-0.39, 0.29) is 11.8 Å². The number of carbonyl (C=O) groups excluding carboxylic acids is 2. The maximum Gasteiger partial charge on any atom is 0.247 e. The molecule has 1 aromatic heterocycles. The first-order valence-electron chi connectivity index (χ1n) is 11.2. The molecule has 1 aliphatic heterocycles. The first-order chi connectivity index (χ1) is 15.5. The maximum atomic E-state index is 13.4. The van der Waals surface area contributed by atoms with Crippen molar-refractivity contribution < 1.29 is 9.59 Å². The third kappa shape index (κ3) is 4.74. The summed E-state index contributed by atoms with van der Waals surface area (Å²) in [5.41, 5.74) is 4.99. The van der Waals surface area contributed by atoms with Gasteiger partial charge in [0.05, 0.1) is 12.2 Å². The summed E-state index contributed by atoms with van der Waals surface area (Å²) < 4.78 is 1.98. The molecule has 0 radical (unpaired) electrons. The Morgan fingerprint density at radius 2 is 1.72 bits per heavy atom. The Kier molecular flexibility index (Phi) is 6.69. The van der Waals surface area contributed by atoms with Crippen molar-refractivity contribution in [3.8, 4) is 0 Å². The fourth-order valence-electron chi connectivity index (χ4n) is 4.38. The topological polar surface area (TPSA) is 67.2 Å². The highest BCUT2D eigenvalue weighted by Crippen LogP contribution is 2.26. The largest absolute Gasteiger partial charge is 0.350 e. The molecule has 0 saturated carbocycles.